The molecule has 9 nitrogen and oxygen atoms in total. The number of carbonyl (C=O) groups is 1. The second-order valence-corrected chi connectivity index (χ2v) is 6.67. The van der Waals surface area contributed by atoms with E-state index in [4.69, 9.17) is 14.8 Å². The number of halogens is 3. The summed E-state index contributed by atoms with van der Waals surface area (Å²) >= 11 is 0. The predicted octanol–water partition coefficient (Wildman–Crippen LogP) is 3.08. The van der Waals surface area contributed by atoms with Gasteiger partial charge in [-0.05, 0) is 30.7 Å². The molecule has 0 fully saturated rings. The van der Waals surface area contributed by atoms with Gasteiger partial charge in [0.05, 0.1) is 36.4 Å². The summed E-state index contributed by atoms with van der Waals surface area (Å²) in [6.45, 7) is 0.983. The summed E-state index contributed by atoms with van der Waals surface area (Å²) in [4.78, 5) is 29.0. The highest BCUT2D eigenvalue weighted by Crippen LogP contribution is 2.30. The van der Waals surface area contributed by atoms with Crippen molar-refractivity contribution in [2.75, 3.05) is 18.5 Å². The Labute approximate surface area is 186 Å². The zero-order valence-corrected chi connectivity index (χ0v) is 17.4. The van der Waals surface area contributed by atoms with Crippen LogP contribution in [0, 0.1) is 24.4 Å². The Bertz CT molecular complexity index is 1140. The molecule has 0 aliphatic heterocycles. The zero-order chi connectivity index (χ0) is 23.8. The van der Waals surface area contributed by atoms with Gasteiger partial charge in [0.15, 0.2) is 18.2 Å². The molecule has 1 aromatic heterocycles. The average Bonchev–Trinajstić information content (AvgIpc) is 3.31. The second kappa shape index (κ2) is 11.1. The molecule has 3 aromatic rings. The molecule has 4 N–H and O–H groups in total. The van der Waals surface area contributed by atoms with E-state index in [0.29, 0.717) is 11.4 Å². The number of hydroxylamine groups is 1. The Morgan fingerprint density at radius 3 is 2.79 bits per heavy atom. The lowest BCUT2D eigenvalue weighted by atomic mass is 10.1. The second-order valence-electron chi connectivity index (χ2n) is 6.67. The zero-order valence-electron chi connectivity index (χ0n) is 17.4. The first-order valence-corrected chi connectivity index (χ1v) is 9.62. The molecule has 0 saturated heterocycles. The van der Waals surface area contributed by atoms with Crippen LogP contribution in [0.2, 0.25) is 0 Å². The quantitative estimate of drug-likeness (QED) is 0.208. The van der Waals surface area contributed by atoms with Crippen LogP contribution in [0.4, 0.5) is 24.5 Å². The van der Waals surface area contributed by atoms with Crippen LogP contribution in [0.25, 0.3) is 0 Å². The van der Waals surface area contributed by atoms with Gasteiger partial charge in [-0.2, -0.15) is 0 Å². The molecule has 0 saturated carbocycles. The third-order valence-corrected chi connectivity index (χ3v) is 4.24. The van der Waals surface area contributed by atoms with E-state index in [-0.39, 0.29) is 25.5 Å². The number of carbonyl (C=O) groups excluding carboxylic acids is 1. The van der Waals surface area contributed by atoms with Gasteiger partial charge in [-0.15, -0.1) is 0 Å². The molecule has 0 aliphatic carbocycles. The minimum absolute atomic E-state index is 0.0533. The summed E-state index contributed by atoms with van der Waals surface area (Å²) in [6, 6.07) is 5.06. The van der Waals surface area contributed by atoms with E-state index in [1.54, 1.807) is 19.2 Å². The van der Waals surface area contributed by atoms with Crippen LogP contribution in [-0.4, -0.2) is 40.4 Å². The summed E-state index contributed by atoms with van der Waals surface area (Å²) in [5.74, 6) is -4.03. The van der Waals surface area contributed by atoms with Gasteiger partial charge in [-0.1, -0.05) is 11.2 Å². The number of aromatic amines is 1. The number of aliphatic hydroxyl groups excluding tert-OH is 1. The van der Waals surface area contributed by atoms with E-state index >= 15 is 0 Å². The minimum atomic E-state index is -1.45. The molecule has 0 atom stereocenters. The van der Waals surface area contributed by atoms with E-state index in [2.05, 4.69) is 20.4 Å². The van der Waals surface area contributed by atoms with Gasteiger partial charge in [-0.3, -0.25) is 9.63 Å². The molecule has 3 rings (SSSR count). The van der Waals surface area contributed by atoms with Crippen LogP contribution in [0.5, 0.6) is 0 Å². The van der Waals surface area contributed by atoms with Crippen molar-refractivity contribution in [3.05, 3.63) is 76.6 Å². The monoisotopic (exact) mass is 463 g/mol. The molecule has 0 unspecified atom stereocenters. The van der Waals surface area contributed by atoms with Crippen molar-refractivity contribution < 1.29 is 32.7 Å². The highest BCUT2D eigenvalue weighted by Gasteiger charge is 2.23. The highest BCUT2D eigenvalue weighted by molar-refractivity contribution is 6.01. The van der Waals surface area contributed by atoms with Crippen molar-refractivity contribution in [1.82, 2.24) is 15.4 Å². The van der Waals surface area contributed by atoms with E-state index in [9.17, 15) is 18.0 Å². The van der Waals surface area contributed by atoms with Crippen molar-refractivity contribution in [2.24, 2.45) is 5.16 Å². The number of H-pyrrole nitrogens is 1. The molecule has 174 valence electrons. The molecule has 1 heterocycles. The average molecular weight is 463 g/mol. The number of nitrogens with zero attached hydrogens (tertiary/aromatic N) is 2. The van der Waals surface area contributed by atoms with Crippen LogP contribution in [0.1, 0.15) is 27.3 Å². The van der Waals surface area contributed by atoms with Crippen LogP contribution >= 0.6 is 0 Å². The topological polar surface area (TPSA) is 121 Å². The third kappa shape index (κ3) is 6.08. The molecule has 0 aliphatic rings. The summed E-state index contributed by atoms with van der Waals surface area (Å²) in [5.41, 5.74) is 1.01. The fraction of sp³-hybridized carbons (Fsp3) is 0.190. The Hall–Kier alpha value is -3.90. The van der Waals surface area contributed by atoms with Gasteiger partial charge in [0.2, 0.25) is 0 Å². The van der Waals surface area contributed by atoms with Crippen LogP contribution in [-0.2, 0) is 16.3 Å². The summed E-state index contributed by atoms with van der Waals surface area (Å²) in [6.07, 6.45) is 3.95. The van der Waals surface area contributed by atoms with E-state index in [0.717, 1.165) is 12.3 Å². The molecular formula is C21H20F3N5O4. The van der Waals surface area contributed by atoms with Crippen molar-refractivity contribution in [3.63, 3.8) is 0 Å². The van der Waals surface area contributed by atoms with Gasteiger partial charge in [0.1, 0.15) is 11.6 Å². The first kappa shape index (κ1) is 23.8. The van der Waals surface area contributed by atoms with E-state index in [1.807, 2.05) is 5.48 Å². The number of aromatic nitrogens is 2. The number of benzene rings is 2. The van der Waals surface area contributed by atoms with E-state index in [1.165, 1.54) is 18.3 Å². The van der Waals surface area contributed by atoms with Gasteiger partial charge in [0, 0.05) is 18.0 Å². The van der Waals surface area contributed by atoms with Crippen LogP contribution in [0.15, 0.2) is 41.8 Å². The molecule has 0 bridgehead atoms. The lowest BCUT2D eigenvalue weighted by Crippen LogP contribution is -2.26. The summed E-state index contributed by atoms with van der Waals surface area (Å²) < 4.78 is 43.9. The largest absolute Gasteiger partial charge is 0.394 e. The van der Waals surface area contributed by atoms with Gasteiger partial charge in [0.25, 0.3) is 5.91 Å². The first-order chi connectivity index (χ1) is 15.9. The van der Waals surface area contributed by atoms with Crippen LogP contribution in [0.3, 0.4) is 0 Å². The van der Waals surface area contributed by atoms with Crippen molar-refractivity contribution in [3.8, 4) is 0 Å². The minimum Gasteiger partial charge on any atom is -0.394 e. The van der Waals surface area contributed by atoms with Crippen LogP contribution < -0.4 is 10.8 Å². The van der Waals surface area contributed by atoms with E-state index < -0.39 is 40.2 Å². The number of rotatable bonds is 10. The summed E-state index contributed by atoms with van der Waals surface area (Å²) in [7, 11) is 0. The third-order valence-electron chi connectivity index (χ3n) is 4.24. The molecule has 1 amide bonds. The number of hydrogen-bond acceptors (Lipinski definition) is 7. The number of oxime groups is 1. The smallest absolute Gasteiger partial charge is 0.277 e. The maximum absolute atomic E-state index is 15.0. The van der Waals surface area contributed by atoms with Crippen molar-refractivity contribution in [2.45, 2.75) is 13.5 Å². The molecule has 2 aromatic carbocycles. The fourth-order valence-electron chi connectivity index (χ4n) is 2.68. The number of hydrogen-bond donors (Lipinski definition) is 4. The molecule has 0 radical (unpaired) electrons. The Morgan fingerprint density at radius 1 is 1.27 bits per heavy atom. The Kier molecular flexibility index (Phi) is 8.00. The van der Waals surface area contributed by atoms with Gasteiger partial charge >= 0.3 is 0 Å². The van der Waals surface area contributed by atoms with Crippen molar-refractivity contribution >= 4 is 23.5 Å². The fourth-order valence-corrected chi connectivity index (χ4v) is 2.68. The number of aryl methyl sites for hydroxylation is 1. The molecule has 33 heavy (non-hydrogen) atoms. The number of aliphatic hydroxyl groups is 1. The Morgan fingerprint density at radius 2 is 2.09 bits per heavy atom. The molecule has 12 heteroatoms. The highest BCUT2D eigenvalue weighted by atomic mass is 19.2. The lowest BCUT2D eigenvalue weighted by molar-refractivity contribution is 0.0168. The maximum Gasteiger partial charge on any atom is 0.277 e. The number of imidazole rings is 1. The SMILES string of the molecule is Cc1ccc(Nc2c(C(=O)NOCCO)cc(/C=N/OCc3ncc[nH]3)c(F)c2F)c(F)c1. The Balaban J connectivity index is 1.92. The summed E-state index contributed by atoms with van der Waals surface area (Å²) in [5, 5.41) is 14.8. The lowest BCUT2D eigenvalue weighted by Gasteiger charge is -2.15. The molecule has 0 spiro atoms. The number of anilines is 2. The van der Waals surface area contributed by atoms with Gasteiger partial charge < -0.3 is 20.2 Å². The number of amides is 1. The first-order valence-electron chi connectivity index (χ1n) is 9.62. The maximum atomic E-state index is 15.0. The van der Waals surface area contributed by atoms with Crippen molar-refractivity contribution in [1.29, 1.82) is 0 Å². The standard InChI is InChI=1S/C21H20F3N5O4/c1-12-2-3-16(15(22)8-12)28-20-14(21(31)29-32-7-6-30)9-13(18(23)19(20)24)10-27-33-11-17-25-4-5-26-17/h2-5,8-10,28,30H,6-7,11H2,1H3,(H,25,26)(H,29,31)/b27-10+. The number of nitrogens with one attached hydrogen (secondary N) is 3. The normalized spacial score (nSPS) is 11.1. The predicted molar refractivity (Wildman–Crippen MR) is 112 cm³/mol. The van der Waals surface area contributed by atoms with Gasteiger partial charge in [-0.25, -0.2) is 23.6 Å². The molecular weight excluding hydrogens is 443 g/mol.